The molecule has 2 aromatic heterocycles. The van der Waals surface area contributed by atoms with E-state index in [1.807, 2.05) is 25.1 Å². The Morgan fingerprint density at radius 2 is 2.04 bits per heavy atom. The lowest BCUT2D eigenvalue weighted by atomic mass is 10.2. The van der Waals surface area contributed by atoms with Gasteiger partial charge in [-0.05, 0) is 37.1 Å². The molecular formula is C16H19ClN2O2S2. The van der Waals surface area contributed by atoms with Gasteiger partial charge in [-0.2, -0.15) is 0 Å². The van der Waals surface area contributed by atoms with Crippen LogP contribution in [-0.4, -0.2) is 30.3 Å². The fraction of sp³-hybridized carbons (Fsp3) is 0.375. The van der Waals surface area contributed by atoms with Crippen molar-refractivity contribution in [3.63, 3.8) is 0 Å². The van der Waals surface area contributed by atoms with Crippen LogP contribution in [0.15, 0.2) is 18.2 Å². The molecule has 7 heteroatoms. The van der Waals surface area contributed by atoms with Crippen LogP contribution in [0, 0.1) is 6.92 Å². The molecule has 0 fully saturated rings. The maximum atomic E-state index is 12.1. The topological polar surface area (TPSA) is 49.4 Å². The van der Waals surface area contributed by atoms with Crippen LogP contribution in [0.3, 0.4) is 0 Å². The summed E-state index contributed by atoms with van der Waals surface area (Å²) in [5.74, 6) is -0.328. The van der Waals surface area contributed by atoms with Gasteiger partial charge in [0.25, 0.3) is 5.91 Å². The number of hydrogen-bond acceptors (Lipinski definition) is 4. The molecule has 0 unspecified atom stereocenters. The Morgan fingerprint density at radius 3 is 2.61 bits per heavy atom. The van der Waals surface area contributed by atoms with Crippen LogP contribution in [0.5, 0.6) is 0 Å². The highest BCUT2D eigenvalue weighted by molar-refractivity contribution is 7.16. The summed E-state index contributed by atoms with van der Waals surface area (Å²) in [4.78, 5) is 28.7. The molecule has 0 aliphatic carbocycles. The largest absolute Gasteiger partial charge is 0.342 e. The molecule has 0 aliphatic rings. The zero-order valence-electron chi connectivity index (χ0n) is 13.3. The Kier molecular flexibility index (Phi) is 6.21. The molecule has 23 heavy (non-hydrogen) atoms. The van der Waals surface area contributed by atoms with E-state index in [1.54, 1.807) is 11.9 Å². The summed E-state index contributed by atoms with van der Waals surface area (Å²) in [5, 5.41) is 2.69. The second kappa shape index (κ2) is 7.95. The van der Waals surface area contributed by atoms with Gasteiger partial charge in [0, 0.05) is 16.8 Å². The molecule has 0 aliphatic heterocycles. The van der Waals surface area contributed by atoms with E-state index in [0.29, 0.717) is 15.8 Å². The average molecular weight is 371 g/mol. The molecule has 2 aromatic rings. The molecule has 0 aromatic carbocycles. The third-order valence-electron chi connectivity index (χ3n) is 3.41. The van der Waals surface area contributed by atoms with Crippen molar-refractivity contribution < 1.29 is 9.59 Å². The van der Waals surface area contributed by atoms with Crippen LogP contribution in [-0.2, 0) is 17.8 Å². The Morgan fingerprint density at radius 1 is 1.30 bits per heavy atom. The van der Waals surface area contributed by atoms with Crippen LogP contribution >= 0.6 is 34.3 Å². The van der Waals surface area contributed by atoms with Gasteiger partial charge in [0.15, 0.2) is 0 Å². The number of likely N-dealkylation sites (N-methyl/N-ethyl adjacent to an activating group) is 1. The summed E-state index contributed by atoms with van der Waals surface area (Å²) in [5.41, 5.74) is 1.13. The number of nitrogens with zero attached hydrogens (tertiary/aromatic N) is 1. The highest BCUT2D eigenvalue weighted by Crippen LogP contribution is 2.23. The van der Waals surface area contributed by atoms with Crippen LogP contribution < -0.4 is 5.32 Å². The Hall–Kier alpha value is -1.37. The van der Waals surface area contributed by atoms with E-state index in [9.17, 15) is 9.59 Å². The lowest BCUT2D eigenvalue weighted by molar-refractivity contribution is -0.129. The zero-order valence-corrected chi connectivity index (χ0v) is 15.7. The van der Waals surface area contributed by atoms with E-state index in [0.717, 1.165) is 16.9 Å². The fourth-order valence-corrected chi connectivity index (χ4v) is 4.29. The Labute approximate surface area is 149 Å². The first-order valence-electron chi connectivity index (χ1n) is 7.26. The van der Waals surface area contributed by atoms with Crippen molar-refractivity contribution in [2.75, 3.05) is 13.6 Å². The van der Waals surface area contributed by atoms with Gasteiger partial charge in [0.05, 0.1) is 22.3 Å². The molecule has 2 heterocycles. The van der Waals surface area contributed by atoms with Crippen molar-refractivity contribution in [2.24, 2.45) is 0 Å². The normalized spacial score (nSPS) is 10.6. The SMILES string of the molecule is CCc1sc(C(=O)NCC(=O)N(C)Cc2ccc(Cl)s2)cc1C. The second-order valence-electron chi connectivity index (χ2n) is 5.21. The zero-order chi connectivity index (χ0) is 17.0. The molecule has 2 rings (SSSR count). The number of nitrogens with one attached hydrogen (secondary N) is 1. The summed E-state index contributed by atoms with van der Waals surface area (Å²) >= 11 is 8.81. The van der Waals surface area contributed by atoms with Crippen molar-refractivity contribution in [2.45, 2.75) is 26.8 Å². The van der Waals surface area contributed by atoms with Gasteiger partial charge in [0.2, 0.25) is 5.91 Å². The molecule has 0 atom stereocenters. The van der Waals surface area contributed by atoms with Gasteiger partial charge in [0.1, 0.15) is 0 Å². The monoisotopic (exact) mass is 370 g/mol. The highest BCUT2D eigenvalue weighted by Gasteiger charge is 2.15. The van der Waals surface area contributed by atoms with E-state index in [4.69, 9.17) is 11.6 Å². The van der Waals surface area contributed by atoms with Crippen LogP contribution in [0.4, 0.5) is 0 Å². The summed E-state index contributed by atoms with van der Waals surface area (Å²) < 4.78 is 0.703. The van der Waals surface area contributed by atoms with Crippen molar-refractivity contribution in [3.05, 3.63) is 42.7 Å². The molecule has 124 valence electrons. The molecule has 0 saturated carbocycles. The number of rotatable bonds is 6. The third kappa shape index (κ3) is 4.80. The van der Waals surface area contributed by atoms with Gasteiger partial charge in [-0.1, -0.05) is 18.5 Å². The fourth-order valence-electron chi connectivity index (χ4n) is 2.12. The standard InChI is InChI=1S/C16H19ClN2O2S2/c1-4-12-10(2)7-13(23-12)16(21)18-8-15(20)19(3)9-11-5-6-14(17)22-11/h5-7H,4,8-9H2,1-3H3,(H,18,21). The average Bonchev–Trinajstić information content (AvgIpc) is 3.09. The first kappa shape index (κ1) is 18.0. The van der Waals surface area contributed by atoms with Gasteiger partial charge < -0.3 is 10.2 Å². The number of halogens is 1. The van der Waals surface area contributed by atoms with Crippen molar-refractivity contribution in [1.82, 2.24) is 10.2 Å². The predicted molar refractivity (Wildman–Crippen MR) is 96.6 cm³/mol. The van der Waals surface area contributed by atoms with Crippen molar-refractivity contribution >= 4 is 46.1 Å². The molecule has 0 spiro atoms. The summed E-state index contributed by atoms with van der Waals surface area (Å²) in [7, 11) is 1.71. The minimum atomic E-state index is -0.196. The minimum Gasteiger partial charge on any atom is -0.342 e. The molecule has 0 radical (unpaired) electrons. The molecule has 0 saturated heterocycles. The van der Waals surface area contributed by atoms with Crippen LogP contribution in [0.1, 0.15) is 31.9 Å². The van der Waals surface area contributed by atoms with E-state index in [-0.39, 0.29) is 18.4 Å². The molecule has 1 N–H and O–H groups in total. The van der Waals surface area contributed by atoms with E-state index in [2.05, 4.69) is 12.2 Å². The van der Waals surface area contributed by atoms with Crippen molar-refractivity contribution in [1.29, 1.82) is 0 Å². The molecular weight excluding hydrogens is 352 g/mol. The lowest BCUT2D eigenvalue weighted by Gasteiger charge is -2.16. The smallest absolute Gasteiger partial charge is 0.261 e. The van der Waals surface area contributed by atoms with Gasteiger partial charge in [-0.25, -0.2) is 0 Å². The second-order valence-corrected chi connectivity index (χ2v) is 8.15. The van der Waals surface area contributed by atoms with E-state index in [1.165, 1.54) is 27.6 Å². The lowest BCUT2D eigenvalue weighted by Crippen LogP contribution is -2.37. The van der Waals surface area contributed by atoms with E-state index >= 15 is 0 Å². The quantitative estimate of drug-likeness (QED) is 0.842. The first-order valence-corrected chi connectivity index (χ1v) is 9.27. The summed E-state index contributed by atoms with van der Waals surface area (Å²) in [6.45, 7) is 4.55. The Balaban J connectivity index is 1.86. The molecule has 2 amide bonds. The van der Waals surface area contributed by atoms with Gasteiger partial charge >= 0.3 is 0 Å². The minimum absolute atomic E-state index is 0.00710. The maximum absolute atomic E-state index is 12.1. The number of thiophene rings is 2. The summed E-state index contributed by atoms with van der Waals surface area (Å²) in [6.07, 6.45) is 0.912. The molecule has 0 bridgehead atoms. The third-order valence-corrected chi connectivity index (χ3v) is 6.01. The maximum Gasteiger partial charge on any atom is 0.261 e. The summed E-state index contributed by atoms with van der Waals surface area (Å²) in [6, 6.07) is 5.59. The Bertz CT molecular complexity index is 709. The predicted octanol–water partition coefficient (Wildman–Crippen LogP) is 3.72. The van der Waals surface area contributed by atoms with Crippen molar-refractivity contribution in [3.8, 4) is 0 Å². The van der Waals surface area contributed by atoms with Gasteiger partial charge in [-0.3, -0.25) is 9.59 Å². The highest BCUT2D eigenvalue weighted by atomic mass is 35.5. The molecule has 4 nitrogen and oxygen atoms in total. The van der Waals surface area contributed by atoms with E-state index < -0.39 is 0 Å². The number of hydrogen-bond donors (Lipinski definition) is 1. The van der Waals surface area contributed by atoms with Crippen LogP contribution in [0.25, 0.3) is 0 Å². The van der Waals surface area contributed by atoms with Crippen LogP contribution in [0.2, 0.25) is 4.34 Å². The number of amides is 2. The first-order chi connectivity index (χ1) is 10.9. The number of carbonyl (C=O) groups excluding carboxylic acids is 2. The van der Waals surface area contributed by atoms with Gasteiger partial charge in [-0.15, -0.1) is 22.7 Å². The number of aryl methyl sites for hydroxylation is 2. The number of carbonyl (C=O) groups is 2.